The van der Waals surface area contributed by atoms with E-state index in [0.29, 0.717) is 34.6 Å². The first-order valence-electron chi connectivity index (χ1n) is 8.96. The van der Waals surface area contributed by atoms with Gasteiger partial charge in [0.25, 0.3) is 0 Å². The fraction of sp³-hybridized carbons (Fsp3) is 0.381. The van der Waals surface area contributed by atoms with Crippen LogP contribution in [0, 0.1) is 6.92 Å². The van der Waals surface area contributed by atoms with Gasteiger partial charge in [0.15, 0.2) is 0 Å². The molecule has 1 fully saturated rings. The molecule has 6 heteroatoms. The highest BCUT2D eigenvalue weighted by molar-refractivity contribution is 6.31. The number of benzene rings is 2. The lowest BCUT2D eigenvalue weighted by Gasteiger charge is -2.17. The van der Waals surface area contributed by atoms with Gasteiger partial charge in [0.05, 0.1) is 19.3 Å². The van der Waals surface area contributed by atoms with Crippen LogP contribution >= 0.6 is 11.6 Å². The van der Waals surface area contributed by atoms with Crippen LogP contribution in [0.15, 0.2) is 30.3 Å². The number of hydrogen-bond donors (Lipinski definition) is 0. The van der Waals surface area contributed by atoms with Crippen molar-refractivity contribution in [2.75, 3.05) is 13.7 Å². The molecule has 2 aromatic carbocycles. The third kappa shape index (κ3) is 4.66. The largest absolute Gasteiger partial charge is 0.513 e. The lowest BCUT2D eigenvalue weighted by molar-refractivity contribution is 0.120. The molecule has 144 valence electrons. The predicted molar refractivity (Wildman–Crippen MR) is 103 cm³/mol. The van der Waals surface area contributed by atoms with Crippen LogP contribution in [0.4, 0.5) is 4.79 Å². The second-order valence-electron chi connectivity index (χ2n) is 6.42. The molecule has 0 bridgehead atoms. The fourth-order valence-corrected chi connectivity index (χ4v) is 3.03. The van der Waals surface area contributed by atoms with Crippen LogP contribution in [0.5, 0.6) is 17.2 Å². The van der Waals surface area contributed by atoms with E-state index < -0.39 is 6.16 Å². The predicted octanol–water partition coefficient (Wildman–Crippen LogP) is 5.65. The van der Waals surface area contributed by atoms with Gasteiger partial charge in [-0.3, -0.25) is 0 Å². The molecule has 0 atom stereocenters. The van der Waals surface area contributed by atoms with Gasteiger partial charge in [0, 0.05) is 5.02 Å². The average Bonchev–Trinajstić information content (AvgIpc) is 3.49. The molecule has 0 aliphatic heterocycles. The summed E-state index contributed by atoms with van der Waals surface area (Å²) >= 11 is 6.30. The third-order valence-corrected chi connectivity index (χ3v) is 4.84. The van der Waals surface area contributed by atoms with Crippen molar-refractivity contribution in [3.63, 3.8) is 0 Å². The van der Waals surface area contributed by atoms with Gasteiger partial charge in [-0.1, -0.05) is 23.7 Å². The summed E-state index contributed by atoms with van der Waals surface area (Å²) < 4.78 is 21.6. The molecule has 0 heterocycles. The Morgan fingerprint density at radius 3 is 2.56 bits per heavy atom. The summed E-state index contributed by atoms with van der Waals surface area (Å²) in [5, 5.41) is 0.665. The number of methoxy groups -OCH3 is 1. The number of rotatable bonds is 7. The Hall–Kier alpha value is -2.40. The van der Waals surface area contributed by atoms with E-state index in [-0.39, 0.29) is 6.61 Å². The first kappa shape index (κ1) is 19.4. The summed E-state index contributed by atoms with van der Waals surface area (Å²) in [7, 11) is 1.26. The SMILES string of the molecule is CCOc1cccc(OC(=O)OC)c1COc1cc(Cl)c(C)cc1C1CC1. The second-order valence-corrected chi connectivity index (χ2v) is 6.83. The Morgan fingerprint density at radius 2 is 1.89 bits per heavy atom. The van der Waals surface area contributed by atoms with Crippen LogP contribution in [0.25, 0.3) is 0 Å². The summed E-state index contributed by atoms with van der Waals surface area (Å²) in [4.78, 5) is 11.6. The Balaban J connectivity index is 1.89. The highest BCUT2D eigenvalue weighted by Gasteiger charge is 2.28. The minimum absolute atomic E-state index is 0.182. The Labute approximate surface area is 164 Å². The minimum atomic E-state index is -0.790. The maximum absolute atomic E-state index is 11.6. The molecule has 0 saturated heterocycles. The van der Waals surface area contributed by atoms with Gasteiger partial charge in [-0.15, -0.1) is 0 Å². The average molecular weight is 391 g/mol. The zero-order valence-corrected chi connectivity index (χ0v) is 16.5. The van der Waals surface area contributed by atoms with E-state index in [1.807, 2.05) is 26.0 Å². The Kier molecular flexibility index (Phi) is 6.11. The van der Waals surface area contributed by atoms with Crippen molar-refractivity contribution in [2.45, 2.75) is 39.2 Å². The van der Waals surface area contributed by atoms with Gasteiger partial charge >= 0.3 is 6.16 Å². The first-order valence-corrected chi connectivity index (χ1v) is 9.34. The Bertz CT molecular complexity index is 830. The highest BCUT2D eigenvalue weighted by atomic mass is 35.5. The van der Waals surface area contributed by atoms with E-state index in [1.54, 1.807) is 12.1 Å². The molecule has 3 rings (SSSR count). The summed E-state index contributed by atoms with van der Waals surface area (Å²) in [5.74, 6) is 2.22. The zero-order valence-electron chi connectivity index (χ0n) is 15.7. The van der Waals surface area contributed by atoms with E-state index in [4.69, 9.17) is 25.8 Å². The van der Waals surface area contributed by atoms with Crippen molar-refractivity contribution in [1.29, 1.82) is 0 Å². The molecule has 2 aromatic rings. The molecule has 0 spiro atoms. The van der Waals surface area contributed by atoms with Crippen LogP contribution in [0.2, 0.25) is 5.02 Å². The lowest BCUT2D eigenvalue weighted by Crippen LogP contribution is -2.11. The summed E-state index contributed by atoms with van der Waals surface area (Å²) in [5.41, 5.74) is 2.85. The molecule has 0 radical (unpaired) electrons. The van der Waals surface area contributed by atoms with Gasteiger partial charge in [-0.2, -0.15) is 0 Å². The van der Waals surface area contributed by atoms with E-state index in [9.17, 15) is 4.79 Å². The van der Waals surface area contributed by atoms with Crippen LogP contribution in [-0.4, -0.2) is 19.9 Å². The van der Waals surface area contributed by atoms with Crippen molar-refractivity contribution in [1.82, 2.24) is 0 Å². The van der Waals surface area contributed by atoms with Crippen LogP contribution < -0.4 is 14.2 Å². The molecular weight excluding hydrogens is 368 g/mol. The molecule has 0 aromatic heterocycles. The lowest BCUT2D eigenvalue weighted by atomic mass is 10.1. The van der Waals surface area contributed by atoms with Gasteiger partial charge in [0.2, 0.25) is 0 Å². The van der Waals surface area contributed by atoms with Gasteiger partial charge in [-0.25, -0.2) is 4.79 Å². The van der Waals surface area contributed by atoms with Gasteiger partial charge < -0.3 is 18.9 Å². The van der Waals surface area contributed by atoms with Crippen molar-refractivity contribution < 1.29 is 23.7 Å². The summed E-state index contributed by atoms with van der Waals surface area (Å²) in [6, 6.07) is 9.20. The molecular formula is C21H23ClO5. The molecule has 5 nitrogen and oxygen atoms in total. The maximum atomic E-state index is 11.6. The van der Waals surface area contributed by atoms with Crippen molar-refractivity contribution >= 4 is 17.8 Å². The smallest absolute Gasteiger partial charge is 0.493 e. The third-order valence-electron chi connectivity index (χ3n) is 4.43. The van der Waals surface area contributed by atoms with Crippen LogP contribution in [0.1, 0.15) is 42.4 Å². The van der Waals surface area contributed by atoms with Crippen LogP contribution in [-0.2, 0) is 11.3 Å². The normalized spacial score (nSPS) is 13.2. The van der Waals surface area contributed by atoms with E-state index in [0.717, 1.165) is 24.2 Å². The molecule has 0 amide bonds. The molecule has 27 heavy (non-hydrogen) atoms. The molecule has 1 aliphatic carbocycles. The molecule has 0 N–H and O–H groups in total. The number of carbonyl (C=O) groups is 1. The fourth-order valence-electron chi connectivity index (χ4n) is 2.88. The van der Waals surface area contributed by atoms with E-state index >= 15 is 0 Å². The standard InChI is InChI=1S/C21H23ClO5/c1-4-25-18-6-5-7-19(27-21(23)24-3)16(18)12-26-20-11-17(22)13(2)10-15(20)14-8-9-14/h5-7,10-11,14H,4,8-9,12H2,1-3H3. The number of aryl methyl sites for hydroxylation is 1. The summed E-state index contributed by atoms with van der Waals surface area (Å²) in [6.45, 7) is 4.55. The minimum Gasteiger partial charge on any atom is -0.493 e. The van der Waals surface area contributed by atoms with E-state index in [1.165, 1.54) is 12.7 Å². The summed E-state index contributed by atoms with van der Waals surface area (Å²) in [6.07, 6.45) is 1.52. The molecule has 1 saturated carbocycles. The number of carbonyl (C=O) groups excluding carboxylic acids is 1. The monoisotopic (exact) mass is 390 g/mol. The number of hydrogen-bond acceptors (Lipinski definition) is 5. The van der Waals surface area contributed by atoms with E-state index in [2.05, 4.69) is 10.8 Å². The Morgan fingerprint density at radius 1 is 1.15 bits per heavy atom. The van der Waals surface area contributed by atoms with Crippen molar-refractivity contribution in [3.05, 3.63) is 52.0 Å². The second kappa shape index (κ2) is 8.53. The maximum Gasteiger partial charge on any atom is 0.513 e. The zero-order chi connectivity index (χ0) is 19.4. The number of halogens is 1. The highest BCUT2D eigenvalue weighted by Crippen LogP contribution is 2.46. The first-order chi connectivity index (χ1) is 13.0. The van der Waals surface area contributed by atoms with Crippen molar-refractivity contribution in [3.8, 4) is 17.2 Å². The van der Waals surface area contributed by atoms with Crippen molar-refractivity contribution in [2.24, 2.45) is 0 Å². The molecule has 0 unspecified atom stereocenters. The van der Waals surface area contributed by atoms with Crippen LogP contribution in [0.3, 0.4) is 0 Å². The van der Waals surface area contributed by atoms with Gasteiger partial charge in [0.1, 0.15) is 23.9 Å². The quantitative estimate of drug-likeness (QED) is 0.451. The topological polar surface area (TPSA) is 54.0 Å². The van der Waals surface area contributed by atoms with Gasteiger partial charge in [-0.05, 0) is 61.9 Å². The molecule has 1 aliphatic rings. The number of ether oxygens (including phenoxy) is 4.